The molecule has 1 amide bonds. The van der Waals surface area contributed by atoms with E-state index < -0.39 is 5.97 Å². The summed E-state index contributed by atoms with van der Waals surface area (Å²) in [6, 6.07) is 0.552. The van der Waals surface area contributed by atoms with Gasteiger partial charge in [0.1, 0.15) is 0 Å². The molecule has 1 N–H and O–H groups in total. The highest BCUT2D eigenvalue weighted by atomic mass is 16.4. The topological polar surface area (TPSA) is 60.9 Å². The molecule has 3 fully saturated rings. The van der Waals surface area contributed by atoms with E-state index in [0.29, 0.717) is 12.5 Å². The number of amides is 1. The molecule has 0 radical (unpaired) electrons. The zero-order valence-corrected chi connectivity index (χ0v) is 9.84. The molecule has 2 saturated heterocycles. The second-order valence-electron chi connectivity index (χ2n) is 5.36. The molecular weight excluding hydrogens is 220 g/mol. The van der Waals surface area contributed by atoms with E-state index in [1.165, 1.54) is 0 Å². The molecule has 17 heavy (non-hydrogen) atoms. The van der Waals surface area contributed by atoms with Gasteiger partial charge in [0.05, 0.1) is 5.92 Å². The highest BCUT2D eigenvalue weighted by Gasteiger charge is 2.44. The van der Waals surface area contributed by atoms with Crippen molar-refractivity contribution in [3.05, 3.63) is 0 Å². The molecule has 2 heterocycles. The lowest BCUT2D eigenvalue weighted by Gasteiger charge is -2.47. The molecule has 2 aliphatic heterocycles. The Balaban J connectivity index is 1.64. The van der Waals surface area contributed by atoms with E-state index in [1.54, 1.807) is 0 Å². The van der Waals surface area contributed by atoms with Gasteiger partial charge in [-0.1, -0.05) is 0 Å². The number of carbonyl (C=O) groups is 2. The Kier molecular flexibility index (Phi) is 2.58. The molecule has 0 spiro atoms. The van der Waals surface area contributed by atoms with Gasteiger partial charge in [0.15, 0.2) is 0 Å². The first-order chi connectivity index (χ1) is 8.16. The van der Waals surface area contributed by atoms with Gasteiger partial charge in [0, 0.05) is 38.1 Å². The van der Waals surface area contributed by atoms with Gasteiger partial charge < -0.3 is 10.0 Å². The first-order valence-corrected chi connectivity index (χ1v) is 6.43. The number of carboxylic acid groups (broad SMARTS) is 1. The fraction of sp³-hybridized carbons (Fsp3) is 0.833. The van der Waals surface area contributed by atoms with Crippen molar-refractivity contribution >= 4 is 11.9 Å². The molecule has 0 aromatic rings. The number of hydrogen-bond donors (Lipinski definition) is 1. The fourth-order valence-electron chi connectivity index (χ4n) is 3.40. The monoisotopic (exact) mass is 238 g/mol. The van der Waals surface area contributed by atoms with Crippen molar-refractivity contribution in [3.8, 4) is 0 Å². The smallest absolute Gasteiger partial charge is 0.308 e. The molecule has 0 aromatic carbocycles. The Morgan fingerprint density at radius 3 is 2.71 bits per heavy atom. The zero-order chi connectivity index (χ0) is 12.0. The average molecular weight is 238 g/mol. The Labute approximate surface area is 100 Å². The van der Waals surface area contributed by atoms with Crippen LogP contribution in [0.2, 0.25) is 0 Å². The lowest BCUT2D eigenvalue weighted by Crippen LogP contribution is -2.59. The first kappa shape index (κ1) is 11.0. The molecule has 3 unspecified atom stereocenters. The SMILES string of the molecule is O=C(O)C1CCC1N1CCN2C(=O)CCC2C1. The minimum Gasteiger partial charge on any atom is -0.481 e. The van der Waals surface area contributed by atoms with E-state index in [-0.39, 0.29) is 17.9 Å². The molecule has 3 aliphatic rings. The Morgan fingerprint density at radius 2 is 2.06 bits per heavy atom. The average Bonchev–Trinajstić information content (AvgIpc) is 2.58. The normalized spacial score (nSPS) is 37.8. The zero-order valence-electron chi connectivity index (χ0n) is 9.84. The summed E-state index contributed by atoms with van der Waals surface area (Å²) in [5.41, 5.74) is 0. The predicted molar refractivity (Wildman–Crippen MR) is 60.5 cm³/mol. The largest absolute Gasteiger partial charge is 0.481 e. The van der Waals surface area contributed by atoms with Crippen molar-refractivity contribution < 1.29 is 14.7 Å². The number of hydrogen-bond acceptors (Lipinski definition) is 3. The number of rotatable bonds is 2. The van der Waals surface area contributed by atoms with Crippen LogP contribution < -0.4 is 0 Å². The quantitative estimate of drug-likeness (QED) is 0.744. The van der Waals surface area contributed by atoms with Crippen LogP contribution in [0.3, 0.4) is 0 Å². The fourth-order valence-corrected chi connectivity index (χ4v) is 3.40. The number of fused-ring (bicyclic) bond motifs is 1. The summed E-state index contributed by atoms with van der Waals surface area (Å²) >= 11 is 0. The van der Waals surface area contributed by atoms with E-state index in [9.17, 15) is 9.59 Å². The van der Waals surface area contributed by atoms with Crippen molar-refractivity contribution in [2.75, 3.05) is 19.6 Å². The van der Waals surface area contributed by atoms with Crippen LogP contribution in [0.1, 0.15) is 25.7 Å². The summed E-state index contributed by atoms with van der Waals surface area (Å²) in [5, 5.41) is 9.07. The number of nitrogens with zero attached hydrogens (tertiary/aromatic N) is 2. The molecule has 3 rings (SSSR count). The van der Waals surface area contributed by atoms with E-state index >= 15 is 0 Å². The minimum atomic E-state index is -0.661. The lowest BCUT2D eigenvalue weighted by molar-refractivity contribution is -0.150. The van der Waals surface area contributed by atoms with Gasteiger partial charge in [-0.2, -0.15) is 0 Å². The van der Waals surface area contributed by atoms with Crippen LogP contribution in [0.25, 0.3) is 0 Å². The van der Waals surface area contributed by atoms with Crippen LogP contribution in [-0.4, -0.2) is 58.5 Å². The molecule has 5 heteroatoms. The van der Waals surface area contributed by atoms with E-state index in [4.69, 9.17) is 5.11 Å². The third kappa shape index (κ3) is 1.73. The van der Waals surface area contributed by atoms with Crippen molar-refractivity contribution in [2.24, 2.45) is 5.92 Å². The molecular formula is C12H18N2O3. The van der Waals surface area contributed by atoms with Crippen LogP contribution in [0, 0.1) is 5.92 Å². The highest BCUT2D eigenvalue weighted by Crippen LogP contribution is 2.35. The predicted octanol–water partition coefficient (Wildman–Crippen LogP) is 0.156. The van der Waals surface area contributed by atoms with Gasteiger partial charge in [0.25, 0.3) is 0 Å². The van der Waals surface area contributed by atoms with Gasteiger partial charge in [0.2, 0.25) is 5.91 Å². The molecule has 1 aliphatic carbocycles. The van der Waals surface area contributed by atoms with Gasteiger partial charge >= 0.3 is 5.97 Å². The van der Waals surface area contributed by atoms with Crippen molar-refractivity contribution in [1.82, 2.24) is 9.80 Å². The van der Waals surface area contributed by atoms with Crippen molar-refractivity contribution in [1.29, 1.82) is 0 Å². The maximum atomic E-state index is 11.6. The van der Waals surface area contributed by atoms with Crippen LogP contribution in [0.15, 0.2) is 0 Å². The Morgan fingerprint density at radius 1 is 1.24 bits per heavy atom. The van der Waals surface area contributed by atoms with Crippen LogP contribution in [0.4, 0.5) is 0 Å². The van der Waals surface area contributed by atoms with Crippen molar-refractivity contribution in [3.63, 3.8) is 0 Å². The van der Waals surface area contributed by atoms with Gasteiger partial charge in [-0.25, -0.2) is 0 Å². The number of carbonyl (C=O) groups excluding carboxylic acids is 1. The lowest BCUT2D eigenvalue weighted by atomic mass is 9.78. The van der Waals surface area contributed by atoms with E-state index in [2.05, 4.69) is 4.90 Å². The summed E-state index contributed by atoms with van der Waals surface area (Å²) in [6.45, 7) is 2.50. The summed E-state index contributed by atoms with van der Waals surface area (Å²) in [6.07, 6.45) is 3.42. The number of aliphatic carboxylic acids is 1. The summed E-state index contributed by atoms with van der Waals surface area (Å²) in [7, 11) is 0. The molecule has 0 aromatic heterocycles. The summed E-state index contributed by atoms with van der Waals surface area (Å²) < 4.78 is 0. The van der Waals surface area contributed by atoms with Crippen LogP contribution >= 0.6 is 0 Å². The van der Waals surface area contributed by atoms with Crippen LogP contribution in [0.5, 0.6) is 0 Å². The molecule has 0 bridgehead atoms. The Hall–Kier alpha value is -1.10. The molecule has 1 saturated carbocycles. The molecule has 3 atom stereocenters. The number of carboxylic acids is 1. The second-order valence-corrected chi connectivity index (χ2v) is 5.36. The molecule has 5 nitrogen and oxygen atoms in total. The van der Waals surface area contributed by atoms with E-state index in [1.807, 2.05) is 4.90 Å². The van der Waals surface area contributed by atoms with Gasteiger partial charge in [-0.05, 0) is 19.3 Å². The first-order valence-electron chi connectivity index (χ1n) is 6.43. The van der Waals surface area contributed by atoms with E-state index in [0.717, 1.165) is 38.9 Å². The summed E-state index contributed by atoms with van der Waals surface area (Å²) in [4.78, 5) is 26.8. The highest BCUT2D eigenvalue weighted by molar-refractivity contribution is 5.79. The third-order valence-corrected chi connectivity index (χ3v) is 4.55. The Bertz CT molecular complexity index is 358. The maximum Gasteiger partial charge on any atom is 0.308 e. The second kappa shape index (κ2) is 3.98. The minimum absolute atomic E-state index is 0.182. The maximum absolute atomic E-state index is 11.6. The number of piperazine rings is 1. The van der Waals surface area contributed by atoms with Gasteiger partial charge in [-0.15, -0.1) is 0 Å². The molecule has 94 valence electrons. The standard InChI is InChI=1S/C12H18N2O3/c15-11-4-1-8-7-13(5-6-14(8)11)10-3-2-9(10)12(16)17/h8-10H,1-7H2,(H,16,17). The third-order valence-electron chi connectivity index (χ3n) is 4.55. The van der Waals surface area contributed by atoms with Crippen molar-refractivity contribution in [2.45, 2.75) is 37.8 Å². The summed E-state index contributed by atoms with van der Waals surface area (Å²) in [5.74, 6) is -0.567. The van der Waals surface area contributed by atoms with Crippen LogP contribution in [-0.2, 0) is 9.59 Å². The van der Waals surface area contributed by atoms with Gasteiger partial charge in [-0.3, -0.25) is 14.5 Å².